The molecule has 1 aromatic rings. The second kappa shape index (κ2) is 4.53. The molecular weight excluding hydrogens is 220 g/mol. The Balaban J connectivity index is 2.23. The van der Waals surface area contributed by atoms with E-state index in [1.807, 2.05) is 0 Å². The van der Waals surface area contributed by atoms with E-state index in [1.165, 1.54) is 4.90 Å². The third-order valence-electron chi connectivity index (χ3n) is 2.91. The Labute approximate surface area is 99.1 Å². The number of amides is 1. The third kappa shape index (κ3) is 2.27. The Kier molecular flexibility index (Phi) is 3.08. The molecule has 0 radical (unpaired) electrons. The normalized spacial score (nSPS) is 19.4. The molecule has 1 saturated heterocycles. The molecule has 1 amide bonds. The fourth-order valence-electron chi connectivity index (χ4n) is 2.08. The van der Waals surface area contributed by atoms with E-state index in [-0.39, 0.29) is 5.91 Å². The number of aromatic nitrogens is 1. The van der Waals surface area contributed by atoms with Crippen LogP contribution in [0.5, 0.6) is 0 Å². The van der Waals surface area contributed by atoms with E-state index in [4.69, 9.17) is 5.11 Å². The lowest BCUT2D eigenvalue weighted by Gasteiger charge is -2.20. The summed E-state index contributed by atoms with van der Waals surface area (Å²) in [5.74, 6) is -1.23. The summed E-state index contributed by atoms with van der Waals surface area (Å²) >= 11 is 0. The molecule has 1 aliphatic rings. The van der Waals surface area contributed by atoms with Crippen molar-refractivity contribution in [3.8, 4) is 0 Å². The number of hydrogen-bond donors (Lipinski definition) is 1. The molecule has 2 rings (SSSR count). The van der Waals surface area contributed by atoms with Gasteiger partial charge < -0.3 is 10.0 Å². The molecule has 0 spiro atoms. The topological polar surface area (TPSA) is 70.5 Å². The smallest absolute Gasteiger partial charge is 0.326 e. The highest BCUT2D eigenvalue weighted by Gasteiger charge is 2.34. The van der Waals surface area contributed by atoms with E-state index in [1.54, 1.807) is 25.1 Å². The van der Waals surface area contributed by atoms with E-state index in [0.29, 0.717) is 18.7 Å². The Bertz CT molecular complexity index is 459. The molecule has 0 aliphatic carbocycles. The first-order valence-electron chi connectivity index (χ1n) is 5.57. The van der Waals surface area contributed by atoms with Crippen LogP contribution in [-0.2, 0) is 4.79 Å². The van der Waals surface area contributed by atoms with Crippen molar-refractivity contribution in [3.63, 3.8) is 0 Å². The molecule has 5 heteroatoms. The number of hydrogen-bond acceptors (Lipinski definition) is 3. The van der Waals surface area contributed by atoms with Crippen LogP contribution < -0.4 is 0 Å². The minimum Gasteiger partial charge on any atom is -0.480 e. The van der Waals surface area contributed by atoms with Gasteiger partial charge in [0.1, 0.15) is 11.7 Å². The lowest BCUT2D eigenvalue weighted by molar-refractivity contribution is -0.141. The lowest BCUT2D eigenvalue weighted by atomic mass is 10.2. The predicted octanol–water partition coefficient (Wildman–Crippen LogP) is 1.08. The molecule has 1 aromatic heterocycles. The SMILES string of the molecule is Cc1cccc(C(=O)N2CCC[C@H]2C(=O)O)n1. The van der Waals surface area contributed by atoms with Crippen LogP contribution in [0.1, 0.15) is 29.0 Å². The second-order valence-corrected chi connectivity index (χ2v) is 4.16. The molecule has 1 N–H and O–H groups in total. The van der Waals surface area contributed by atoms with E-state index in [9.17, 15) is 9.59 Å². The van der Waals surface area contributed by atoms with Gasteiger partial charge in [-0.1, -0.05) is 6.07 Å². The fraction of sp³-hybridized carbons (Fsp3) is 0.417. The van der Waals surface area contributed by atoms with Crippen molar-refractivity contribution in [2.24, 2.45) is 0 Å². The van der Waals surface area contributed by atoms with Crippen LogP contribution in [0, 0.1) is 6.92 Å². The summed E-state index contributed by atoms with van der Waals surface area (Å²) in [6, 6.07) is 4.47. The number of carboxylic acids is 1. The molecule has 0 saturated carbocycles. The lowest BCUT2D eigenvalue weighted by Crippen LogP contribution is -2.40. The zero-order valence-electron chi connectivity index (χ0n) is 9.59. The summed E-state index contributed by atoms with van der Waals surface area (Å²) < 4.78 is 0. The highest BCUT2D eigenvalue weighted by Crippen LogP contribution is 2.19. The zero-order chi connectivity index (χ0) is 12.4. The van der Waals surface area contributed by atoms with Crippen LogP contribution in [0.25, 0.3) is 0 Å². The van der Waals surface area contributed by atoms with Crippen LogP contribution in [0.3, 0.4) is 0 Å². The third-order valence-corrected chi connectivity index (χ3v) is 2.91. The number of aliphatic carboxylic acids is 1. The zero-order valence-corrected chi connectivity index (χ0v) is 9.59. The number of rotatable bonds is 2. The number of carboxylic acid groups (broad SMARTS) is 1. The van der Waals surface area contributed by atoms with Crippen LogP contribution in [0.2, 0.25) is 0 Å². The molecule has 1 atom stereocenters. The average molecular weight is 234 g/mol. The summed E-state index contributed by atoms with van der Waals surface area (Å²) in [4.78, 5) is 28.6. The number of pyridine rings is 1. The maximum atomic E-state index is 12.1. The van der Waals surface area contributed by atoms with Gasteiger partial charge in [0.15, 0.2) is 0 Å². The average Bonchev–Trinajstić information content (AvgIpc) is 2.77. The first-order valence-corrected chi connectivity index (χ1v) is 5.57. The summed E-state index contributed by atoms with van der Waals surface area (Å²) in [5, 5.41) is 9.02. The minimum atomic E-state index is -0.941. The largest absolute Gasteiger partial charge is 0.480 e. The van der Waals surface area contributed by atoms with Crippen molar-refractivity contribution in [1.29, 1.82) is 0 Å². The van der Waals surface area contributed by atoms with Gasteiger partial charge in [0, 0.05) is 12.2 Å². The van der Waals surface area contributed by atoms with Gasteiger partial charge in [-0.2, -0.15) is 0 Å². The van der Waals surface area contributed by atoms with E-state index in [2.05, 4.69) is 4.98 Å². The molecule has 1 aliphatic heterocycles. The summed E-state index contributed by atoms with van der Waals surface area (Å²) in [5.41, 5.74) is 1.07. The first kappa shape index (κ1) is 11.6. The van der Waals surface area contributed by atoms with Crippen LogP contribution in [0.4, 0.5) is 0 Å². The standard InChI is InChI=1S/C12H14N2O3/c1-8-4-2-5-9(13-8)11(15)14-7-3-6-10(14)12(16)17/h2,4-5,10H,3,6-7H2,1H3,(H,16,17)/t10-/m0/s1. The second-order valence-electron chi connectivity index (χ2n) is 4.16. The van der Waals surface area contributed by atoms with E-state index < -0.39 is 12.0 Å². The van der Waals surface area contributed by atoms with Crippen molar-refractivity contribution < 1.29 is 14.7 Å². The number of carbonyl (C=O) groups excluding carboxylic acids is 1. The number of likely N-dealkylation sites (tertiary alicyclic amines) is 1. The summed E-state index contributed by atoms with van der Waals surface area (Å²) in [7, 11) is 0. The highest BCUT2D eigenvalue weighted by atomic mass is 16.4. The van der Waals surface area contributed by atoms with Crippen LogP contribution in [0.15, 0.2) is 18.2 Å². The molecular formula is C12H14N2O3. The van der Waals surface area contributed by atoms with Crippen LogP contribution >= 0.6 is 0 Å². The van der Waals surface area contributed by atoms with Gasteiger partial charge in [-0.25, -0.2) is 9.78 Å². The minimum absolute atomic E-state index is 0.293. The van der Waals surface area contributed by atoms with Gasteiger partial charge in [-0.15, -0.1) is 0 Å². The fourth-order valence-corrected chi connectivity index (χ4v) is 2.08. The Morgan fingerprint density at radius 1 is 1.47 bits per heavy atom. The van der Waals surface area contributed by atoms with E-state index in [0.717, 1.165) is 12.1 Å². The molecule has 0 bridgehead atoms. The highest BCUT2D eigenvalue weighted by molar-refractivity contribution is 5.95. The summed E-state index contributed by atoms with van der Waals surface area (Å²) in [6.07, 6.45) is 1.25. The first-order chi connectivity index (χ1) is 8.09. The van der Waals surface area contributed by atoms with Crippen molar-refractivity contribution >= 4 is 11.9 Å². The molecule has 90 valence electrons. The van der Waals surface area contributed by atoms with Gasteiger partial charge in [0.25, 0.3) is 5.91 Å². The summed E-state index contributed by atoms with van der Waals surface area (Å²) in [6.45, 7) is 2.29. The molecule has 1 fully saturated rings. The van der Waals surface area contributed by atoms with Gasteiger partial charge in [-0.3, -0.25) is 4.79 Å². The Morgan fingerprint density at radius 2 is 2.24 bits per heavy atom. The number of nitrogens with zero attached hydrogens (tertiary/aromatic N) is 2. The van der Waals surface area contributed by atoms with E-state index >= 15 is 0 Å². The van der Waals surface area contributed by atoms with Gasteiger partial charge in [0.2, 0.25) is 0 Å². The Hall–Kier alpha value is -1.91. The molecule has 0 aromatic carbocycles. The molecule has 5 nitrogen and oxygen atoms in total. The van der Waals surface area contributed by atoms with Crippen molar-refractivity contribution in [2.45, 2.75) is 25.8 Å². The van der Waals surface area contributed by atoms with Gasteiger partial charge in [-0.05, 0) is 31.9 Å². The van der Waals surface area contributed by atoms with Crippen LogP contribution in [-0.4, -0.2) is 39.5 Å². The maximum absolute atomic E-state index is 12.1. The Morgan fingerprint density at radius 3 is 2.88 bits per heavy atom. The quantitative estimate of drug-likeness (QED) is 0.831. The van der Waals surface area contributed by atoms with Crippen molar-refractivity contribution in [1.82, 2.24) is 9.88 Å². The number of aryl methyl sites for hydroxylation is 1. The molecule has 2 heterocycles. The van der Waals surface area contributed by atoms with Crippen molar-refractivity contribution in [3.05, 3.63) is 29.6 Å². The van der Waals surface area contributed by atoms with Crippen molar-refractivity contribution in [2.75, 3.05) is 6.54 Å². The van der Waals surface area contributed by atoms with Gasteiger partial charge in [0.05, 0.1) is 0 Å². The maximum Gasteiger partial charge on any atom is 0.326 e. The number of carbonyl (C=O) groups is 2. The molecule has 17 heavy (non-hydrogen) atoms. The predicted molar refractivity (Wildman–Crippen MR) is 60.7 cm³/mol. The molecule has 0 unspecified atom stereocenters. The monoisotopic (exact) mass is 234 g/mol. The van der Waals surface area contributed by atoms with Gasteiger partial charge >= 0.3 is 5.97 Å².